The van der Waals surface area contributed by atoms with Crippen LogP contribution in [0.5, 0.6) is 0 Å². The van der Waals surface area contributed by atoms with Crippen molar-refractivity contribution in [2.75, 3.05) is 6.61 Å². The molecule has 0 unspecified atom stereocenters. The van der Waals surface area contributed by atoms with Gasteiger partial charge in [-0.2, -0.15) is 0 Å². The van der Waals surface area contributed by atoms with Crippen LogP contribution in [-0.4, -0.2) is 26.2 Å². The minimum Gasteiger partial charge on any atom is -0.462 e. The van der Waals surface area contributed by atoms with E-state index >= 15 is 0 Å². The highest BCUT2D eigenvalue weighted by molar-refractivity contribution is 7.89. The number of hydrogen-bond acceptors (Lipinski definition) is 6. The Morgan fingerprint density at radius 1 is 1.21 bits per heavy atom. The van der Waals surface area contributed by atoms with Gasteiger partial charge in [0.1, 0.15) is 11.5 Å². The Morgan fingerprint density at radius 2 is 1.93 bits per heavy atom. The van der Waals surface area contributed by atoms with E-state index < -0.39 is 21.8 Å². The van der Waals surface area contributed by atoms with Crippen LogP contribution in [-0.2, 0) is 21.3 Å². The Labute approximate surface area is 167 Å². The molecule has 0 aliphatic heterocycles. The maximum absolute atomic E-state index is 13.6. The maximum atomic E-state index is 13.6. The van der Waals surface area contributed by atoms with Gasteiger partial charge < -0.3 is 9.26 Å². The van der Waals surface area contributed by atoms with E-state index in [2.05, 4.69) is 9.88 Å². The molecule has 7 nitrogen and oxygen atoms in total. The highest BCUT2D eigenvalue weighted by Crippen LogP contribution is 2.26. The molecule has 0 aliphatic rings. The Kier molecular flexibility index (Phi) is 6.09. The standard InChI is InChI=1S/C20H19FN2O5S/c1-3-27-20(24)16-11-15(21)9-10-18(16)29(25,26)22-12-17-13(2)19(28-23-17)14-7-5-4-6-8-14/h4-11,22H,3,12H2,1-2H3. The van der Waals surface area contributed by atoms with Crippen LogP contribution in [0.25, 0.3) is 11.3 Å². The van der Waals surface area contributed by atoms with Crippen LogP contribution in [0.4, 0.5) is 4.39 Å². The Morgan fingerprint density at radius 3 is 2.62 bits per heavy atom. The van der Waals surface area contributed by atoms with E-state index in [1.807, 2.05) is 30.3 Å². The molecule has 0 fully saturated rings. The SMILES string of the molecule is CCOC(=O)c1cc(F)ccc1S(=O)(=O)NCc1noc(-c2ccccc2)c1C. The van der Waals surface area contributed by atoms with Gasteiger partial charge in [0.25, 0.3) is 0 Å². The third kappa shape index (κ3) is 4.52. The molecule has 2 aromatic carbocycles. The zero-order chi connectivity index (χ0) is 21.0. The van der Waals surface area contributed by atoms with Gasteiger partial charge in [-0.05, 0) is 32.0 Å². The molecule has 1 heterocycles. The van der Waals surface area contributed by atoms with E-state index in [0.717, 1.165) is 23.8 Å². The summed E-state index contributed by atoms with van der Waals surface area (Å²) in [5.74, 6) is -1.13. The molecule has 3 aromatic rings. The van der Waals surface area contributed by atoms with E-state index in [1.165, 1.54) is 0 Å². The topological polar surface area (TPSA) is 98.5 Å². The summed E-state index contributed by atoms with van der Waals surface area (Å²) in [6.07, 6.45) is 0. The molecule has 0 saturated carbocycles. The summed E-state index contributed by atoms with van der Waals surface area (Å²) in [5.41, 5.74) is 1.52. The van der Waals surface area contributed by atoms with Crippen LogP contribution in [0, 0.1) is 12.7 Å². The van der Waals surface area contributed by atoms with E-state index in [1.54, 1.807) is 13.8 Å². The third-order valence-electron chi connectivity index (χ3n) is 4.21. The lowest BCUT2D eigenvalue weighted by Crippen LogP contribution is -2.26. The first-order valence-corrected chi connectivity index (χ1v) is 10.3. The monoisotopic (exact) mass is 418 g/mol. The quantitative estimate of drug-likeness (QED) is 0.590. The normalized spacial score (nSPS) is 11.4. The molecular weight excluding hydrogens is 399 g/mol. The first kappa shape index (κ1) is 20.7. The van der Waals surface area contributed by atoms with Crippen LogP contribution in [0.1, 0.15) is 28.5 Å². The zero-order valence-electron chi connectivity index (χ0n) is 15.8. The van der Waals surface area contributed by atoms with Crippen molar-refractivity contribution < 1.29 is 26.9 Å². The molecule has 29 heavy (non-hydrogen) atoms. The smallest absolute Gasteiger partial charge is 0.339 e. The van der Waals surface area contributed by atoms with Gasteiger partial charge in [-0.1, -0.05) is 35.5 Å². The molecule has 0 radical (unpaired) electrons. The second-order valence-electron chi connectivity index (χ2n) is 6.13. The van der Waals surface area contributed by atoms with E-state index in [0.29, 0.717) is 17.0 Å². The van der Waals surface area contributed by atoms with E-state index in [4.69, 9.17) is 9.26 Å². The van der Waals surface area contributed by atoms with Crippen molar-refractivity contribution in [1.29, 1.82) is 0 Å². The number of carbonyl (C=O) groups is 1. The van der Waals surface area contributed by atoms with Crippen LogP contribution in [0.3, 0.4) is 0 Å². The molecule has 0 aliphatic carbocycles. The van der Waals surface area contributed by atoms with Crippen molar-refractivity contribution in [3.8, 4) is 11.3 Å². The zero-order valence-corrected chi connectivity index (χ0v) is 16.6. The van der Waals surface area contributed by atoms with Crippen LogP contribution in [0.15, 0.2) is 57.9 Å². The number of sulfonamides is 1. The van der Waals surface area contributed by atoms with Gasteiger partial charge in [0.05, 0.1) is 23.6 Å². The van der Waals surface area contributed by atoms with E-state index in [9.17, 15) is 17.6 Å². The summed E-state index contributed by atoms with van der Waals surface area (Å²) >= 11 is 0. The maximum Gasteiger partial charge on any atom is 0.339 e. The molecule has 0 spiro atoms. The summed E-state index contributed by atoms with van der Waals surface area (Å²) in [5, 5.41) is 3.94. The number of ether oxygens (including phenoxy) is 1. The molecule has 152 valence electrons. The molecule has 9 heteroatoms. The largest absolute Gasteiger partial charge is 0.462 e. The number of esters is 1. The summed E-state index contributed by atoms with van der Waals surface area (Å²) in [6.45, 7) is 3.21. The lowest BCUT2D eigenvalue weighted by Gasteiger charge is -2.10. The third-order valence-corrected chi connectivity index (χ3v) is 5.67. The fourth-order valence-corrected chi connectivity index (χ4v) is 3.90. The van der Waals surface area contributed by atoms with Crippen molar-refractivity contribution in [3.63, 3.8) is 0 Å². The first-order valence-electron chi connectivity index (χ1n) is 8.80. The van der Waals surface area contributed by atoms with Crippen LogP contribution >= 0.6 is 0 Å². The molecule has 0 atom stereocenters. The number of hydrogen-bond donors (Lipinski definition) is 1. The van der Waals surface area contributed by atoms with Crippen LogP contribution < -0.4 is 4.72 Å². The van der Waals surface area contributed by atoms with Crippen LogP contribution in [0.2, 0.25) is 0 Å². The summed E-state index contributed by atoms with van der Waals surface area (Å²) in [4.78, 5) is 11.7. The number of benzene rings is 2. The average Bonchev–Trinajstić information content (AvgIpc) is 3.07. The number of rotatable bonds is 7. The lowest BCUT2D eigenvalue weighted by molar-refractivity contribution is 0.0521. The highest BCUT2D eigenvalue weighted by Gasteiger charge is 2.25. The molecular formula is C20H19FN2O5S. The van der Waals surface area contributed by atoms with Gasteiger partial charge in [0.2, 0.25) is 10.0 Å². The Balaban J connectivity index is 1.85. The average molecular weight is 418 g/mol. The van der Waals surface area contributed by atoms with Crippen molar-refractivity contribution in [3.05, 3.63) is 71.2 Å². The molecule has 0 bridgehead atoms. The first-order chi connectivity index (χ1) is 13.8. The molecule has 3 rings (SSSR count). The Bertz CT molecular complexity index is 1130. The fraction of sp³-hybridized carbons (Fsp3) is 0.200. The summed E-state index contributed by atoms with van der Waals surface area (Å²) in [6, 6.07) is 12.1. The number of carbonyl (C=O) groups excluding carboxylic acids is 1. The van der Waals surface area contributed by atoms with Gasteiger partial charge in [0.15, 0.2) is 5.76 Å². The van der Waals surface area contributed by atoms with Crippen molar-refractivity contribution >= 4 is 16.0 Å². The van der Waals surface area contributed by atoms with Gasteiger partial charge in [0, 0.05) is 11.1 Å². The molecule has 1 aromatic heterocycles. The van der Waals surface area contributed by atoms with E-state index in [-0.39, 0.29) is 23.6 Å². The number of aromatic nitrogens is 1. The van der Waals surface area contributed by atoms with Gasteiger partial charge in [-0.25, -0.2) is 22.3 Å². The number of nitrogens with zero attached hydrogens (tertiary/aromatic N) is 1. The predicted molar refractivity (Wildman–Crippen MR) is 103 cm³/mol. The second kappa shape index (κ2) is 8.54. The van der Waals surface area contributed by atoms with Crippen molar-refractivity contribution in [2.45, 2.75) is 25.3 Å². The van der Waals surface area contributed by atoms with Gasteiger partial charge in [-0.3, -0.25) is 0 Å². The number of halogens is 1. The molecule has 0 amide bonds. The van der Waals surface area contributed by atoms with Crippen molar-refractivity contribution in [1.82, 2.24) is 9.88 Å². The molecule has 0 saturated heterocycles. The Hall–Kier alpha value is -3.04. The van der Waals surface area contributed by atoms with Gasteiger partial charge in [-0.15, -0.1) is 0 Å². The lowest BCUT2D eigenvalue weighted by atomic mass is 10.1. The van der Waals surface area contributed by atoms with Crippen molar-refractivity contribution in [2.24, 2.45) is 0 Å². The predicted octanol–water partition coefficient (Wildman–Crippen LogP) is 3.44. The van der Waals surface area contributed by atoms with Gasteiger partial charge >= 0.3 is 5.97 Å². The fourth-order valence-electron chi connectivity index (χ4n) is 2.74. The minimum atomic E-state index is -4.14. The summed E-state index contributed by atoms with van der Waals surface area (Å²) in [7, 11) is -4.14. The molecule has 1 N–H and O–H groups in total. The number of nitrogens with one attached hydrogen (secondary N) is 1. The summed E-state index contributed by atoms with van der Waals surface area (Å²) < 4.78 is 51.6. The highest BCUT2D eigenvalue weighted by atomic mass is 32.2. The minimum absolute atomic E-state index is 0.0304. The second-order valence-corrected chi connectivity index (χ2v) is 7.87.